The van der Waals surface area contributed by atoms with Gasteiger partial charge in [0, 0.05) is 33.7 Å². The first-order valence-corrected chi connectivity index (χ1v) is 11.2. The molecular weight excluding hydrogens is 501 g/mol. The Bertz CT molecular complexity index is 1080. The van der Waals surface area contributed by atoms with Crippen LogP contribution in [0.15, 0.2) is 32.3 Å². The number of aromatic nitrogens is 2. The summed E-state index contributed by atoms with van der Waals surface area (Å²) < 4.78 is 45.1. The van der Waals surface area contributed by atoms with Crippen LogP contribution >= 0.6 is 15.9 Å². The minimum Gasteiger partial charge on any atom is -0.387 e. The van der Waals surface area contributed by atoms with E-state index < -0.39 is 21.6 Å². The van der Waals surface area contributed by atoms with E-state index in [0.717, 1.165) is 4.31 Å². The molecule has 1 aliphatic heterocycles. The van der Waals surface area contributed by atoms with Crippen molar-refractivity contribution < 1.29 is 27.8 Å². The Balaban J connectivity index is 1.74. The SMILES string of the molecule is CN(C)S(=O)(=O)N1CCC(O)(CNc2nonc2C(=Nc2ccc(F)c(Br)c2)NO)C1. The summed E-state index contributed by atoms with van der Waals surface area (Å²) >= 11 is 3.05. The van der Waals surface area contributed by atoms with E-state index in [9.17, 15) is 23.1 Å². The zero-order valence-corrected chi connectivity index (χ0v) is 19.0. The van der Waals surface area contributed by atoms with Gasteiger partial charge < -0.3 is 10.4 Å². The summed E-state index contributed by atoms with van der Waals surface area (Å²) in [6.07, 6.45) is 0.205. The van der Waals surface area contributed by atoms with Crippen molar-refractivity contribution in [2.45, 2.75) is 12.0 Å². The number of amidine groups is 1. The molecule has 1 atom stereocenters. The normalized spacial score (nSPS) is 20.4. The molecule has 0 bridgehead atoms. The second-order valence-corrected chi connectivity index (χ2v) is 10.1. The first-order valence-electron chi connectivity index (χ1n) is 8.96. The summed E-state index contributed by atoms with van der Waals surface area (Å²) in [5.74, 6) is -0.556. The molecule has 15 heteroatoms. The molecule has 0 aliphatic carbocycles. The molecule has 0 amide bonds. The van der Waals surface area contributed by atoms with Gasteiger partial charge >= 0.3 is 0 Å². The second-order valence-electron chi connectivity index (χ2n) is 7.08. The van der Waals surface area contributed by atoms with Crippen molar-refractivity contribution in [1.29, 1.82) is 0 Å². The molecule has 1 aliphatic rings. The van der Waals surface area contributed by atoms with Crippen LogP contribution in [-0.4, -0.2) is 82.8 Å². The lowest BCUT2D eigenvalue weighted by Gasteiger charge is -2.25. The number of halogens is 2. The standard InChI is InChI=1S/C16H21BrFN7O5S/c1-24(2)31(28,29)25-6-5-16(26,9-25)8-19-14-13(22-30-23-14)15(21-27)20-10-3-4-12(18)11(17)7-10/h3-4,7,26-27H,5-6,8-9H2,1-2H3,(H,19,23)(H,20,21). The molecule has 0 spiro atoms. The molecule has 2 heterocycles. The molecule has 3 rings (SSSR count). The Morgan fingerprint density at radius 2 is 2.19 bits per heavy atom. The molecule has 2 aromatic rings. The first-order chi connectivity index (χ1) is 14.6. The summed E-state index contributed by atoms with van der Waals surface area (Å²) in [5.41, 5.74) is 0.837. The number of hydrogen-bond donors (Lipinski definition) is 4. The largest absolute Gasteiger partial charge is 0.387 e. The van der Waals surface area contributed by atoms with E-state index in [0.29, 0.717) is 5.69 Å². The van der Waals surface area contributed by atoms with E-state index in [2.05, 4.69) is 36.6 Å². The van der Waals surface area contributed by atoms with E-state index in [-0.39, 0.29) is 47.9 Å². The number of aliphatic hydroxyl groups is 1. The average Bonchev–Trinajstić information content (AvgIpc) is 3.34. The van der Waals surface area contributed by atoms with Gasteiger partial charge in [0.05, 0.1) is 15.8 Å². The van der Waals surface area contributed by atoms with Crippen molar-refractivity contribution in [1.82, 2.24) is 24.4 Å². The van der Waals surface area contributed by atoms with Crippen LogP contribution < -0.4 is 10.8 Å². The third-order valence-electron chi connectivity index (χ3n) is 4.63. The van der Waals surface area contributed by atoms with Gasteiger partial charge in [-0.3, -0.25) is 10.7 Å². The molecule has 1 fully saturated rings. The van der Waals surface area contributed by atoms with Crippen LogP contribution in [0.4, 0.5) is 15.9 Å². The highest BCUT2D eigenvalue weighted by Gasteiger charge is 2.42. The predicted octanol–water partition coefficient (Wildman–Crippen LogP) is 0.683. The van der Waals surface area contributed by atoms with Crippen LogP contribution in [0.25, 0.3) is 0 Å². The van der Waals surface area contributed by atoms with Crippen LogP contribution in [0, 0.1) is 5.82 Å². The number of β-amino-alcohol motifs (C(OH)–C–C–N with tert-alkyl or cyclic N) is 1. The monoisotopic (exact) mass is 521 g/mol. The molecule has 1 saturated heterocycles. The third-order valence-corrected chi connectivity index (χ3v) is 7.13. The summed E-state index contributed by atoms with van der Waals surface area (Å²) in [4.78, 5) is 4.14. The van der Waals surface area contributed by atoms with Crippen molar-refractivity contribution in [2.24, 2.45) is 4.99 Å². The fraction of sp³-hybridized carbons (Fsp3) is 0.438. The average molecular weight is 522 g/mol. The Morgan fingerprint density at radius 3 is 2.84 bits per heavy atom. The van der Waals surface area contributed by atoms with Crippen molar-refractivity contribution >= 4 is 43.5 Å². The fourth-order valence-electron chi connectivity index (χ4n) is 2.91. The molecule has 0 saturated carbocycles. The number of hydroxylamine groups is 1. The number of nitrogens with one attached hydrogen (secondary N) is 2. The minimum atomic E-state index is -3.65. The fourth-order valence-corrected chi connectivity index (χ4v) is 4.47. The Hall–Kier alpha value is -2.17. The molecule has 31 heavy (non-hydrogen) atoms. The summed E-state index contributed by atoms with van der Waals surface area (Å²) in [7, 11) is -0.812. The van der Waals surface area contributed by atoms with Gasteiger partial charge in [0.25, 0.3) is 10.2 Å². The van der Waals surface area contributed by atoms with Gasteiger partial charge in [-0.05, 0) is 50.9 Å². The van der Waals surface area contributed by atoms with Crippen LogP contribution in [0.1, 0.15) is 12.1 Å². The van der Waals surface area contributed by atoms with Crippen molar-refractivity contribution in [2.75, 3.05) is 39.0 Å². The van der Waals surface area contributed by atoms with Gasteiger partial charge in [-0.2, -0.15) is 17.0 Å². The van der Waals surface area contributed by atoms with Gasteiger partial charge in [0.2, 0.25) is 5.82 Å². The van der Waals surface area contributed by atoms with Gasteiger partial charge in [-0.1, -0.05) is 0 Å². The third kappa shape index (κ3) is 5.19. The summed E-state index contributed by atoms with van der Waals surface area (Å²) in [6, 6.07) is 3.98. The number of benzene rings is 1. The number of anilines is 1. The van der Waals surface area contributed by atoms with Crippen molar-refractivity contribution in [3.05, 3.63) is 34.2 Å². The van der Waals surface area contributed by atoms with Crippen LogP contribution in [0.2, 0.25) is 0 Å². The minimum absolute atomic E-state index is 0.00214. The lowest BCUT2D eigenvalue weighted by Crippen LogP contribution is -2.44. The van der Waals surface area contributed by atoms with Crippen LogP contribution in [0.5, 0.6) is 0 Å². The second kappa shape index (κ2) is 9.13. The highest BCUT2D eigenvalue weighted by molar-refractivity contribution is 9.10. The number of hydrogen-bond acceptors (Lipinski definition) is 9. The Kier molecular flexibility index (Phi) is 6.92. The molecule has 1 aromatic heterocycles. The smallest absolute Gasteiger partial charge is 0.281 e. The highest BCUT2D eigenvalue weighted by atomic mass is 79.9. The molecule has 4 N–H and O–H groups in total. The maximum atomic E-state index is 13.4. The topological polar surface area (TPSA) is 156 Å². The van der Waals surface area contributed by atoms with E-state index in [1.807, 2.05) is 5.48 Å². The van der Waals surface area contributed by atoms with Crippen LogP contribution in [0.3, 0.4) is 0 Å². The number of nitrogens with zero attached hydrogens (tertiary/aromatic N) is 5. The lowest BCUT2D eigenvalue weighted by atomic mass is 10.0. The maximum Gasteiger partial charge on any atom is 0.281 e. The highest BCUT2D eigenvalue weighted by Crippen LogP contribution is 2.26. The Morgan fingerprint density at radius 1 is 1.45 bits per heavy atom. The maximum absolute atomic E-state index is 13.4. The predicted molar refractivity (Wildman–Crippen MR) is 112 cm³/mol. The van der Waals surface area contributed by atoms with Crippen molar-refractivity contribution in [3.8, 4) is 0 Å². The quantitative estimate of drug-likeness (QED) is 0.233. The lowest BCUT2D eigenvalue weighted by molar-refractivity contribution is 0.0691. The molecule has 170 valence electrons. The number of rotatable bonds is 7. The molecule has 0 radical (unpaired) electrons. The zero-order chi connectivity index (χ0) is 22.8. The first kappa shape index (κ1) is 23.5. The molecule has 12 nitrogen and oxygen atoms in total. The van der Waals surface area contributed by atoms with E-state index in [1.165, 1.54) is 36.6 Å². The van der Waals surface area contributed by atoms with E-state index in [1.54, 1.807) is 0 Å². The Labute approximate surface area is 186 Å². The van der Waals surface area contributed by atoms with Gasteiger partial charge in [0.1, 0.15) is 5.82 Å². The van der Waals surface area contributed by atoms with E-state index in [4.69, 9.17) is 4.63 Å². The van der Waals surface area contributed by atoms with Crippen LogP contribution in [-0.2, 0) is 10.2 Å². The van der Waals surface area contributed by atoms with E-state index >= 15 is 0 Å². The van der Waals surface area contributed by atoms with Crippen molar-refractivity contribution in [3.63, 3.8) is 0 Å². The van der Waals surface area contributed by atoms with Gasteiger partial charge in [-0.15, -0.1) is 0 Å². The number of aliphatic imine (C=N–C) groups is 1. The molecular formula is C16H21BrFN7O5S. The summed E-state index contributed by atoms with van der Waals surface area (Å²) in [5, 5.41) is 30.5. The molecule has 1 aromatic carbocycles. The molecule has 1 unspecified atom stereocenters. The summed E-state index contributed by atoms with van der Waals surface area (Å²) in [6.45, 7) is -0.00857. The van der Waals surface area contributed by atoms with Gasteiger partial charge in [-0.25, -0.2) is 14.0 Å². The van der Waals surface area contributed by atoms with Gasteiger partial charge in [0.15, 0.2) is 11.5 Å². The zero-order valence-electron chi connectivity index (χ0n) is 16.6.